The van der Waals surface area contributed by atoms with E-state index in [9.17, 15) is 35.9 Å². The normalized spacial score (nSPS) is 11.7. The molecule has 0 fully saturated rings. The third-order valence-electron chi connectivity index (χ3n) is 6.59. The monoisotopic (exact) mass is 634 g/mol. The topological polar surface area (TPSA) is 110 Å². The van der Waals surface area contributed by atoms with Crippen LogP contribution in [0.15, 0.2) is 60.9 Å². The number of alkyl halides is 6. The molecule has 6 rings (SSSR count). The maximum Gasteiger partial charge on any atom is 0.422 e. The lowest BCUT2D eigenvalue weighted by molar-refractivity contribution is -0.162. The van der Waals surface area contributed by atoms with E-state index < -0.39 is 37.5 Å². The van der Waals surface area contributed by atoms with E-state index in [2.05, 4.69) is 53.1 Å². The van der Waals surface area contributed by atoms with Gasteiger partial charge >= 0.3 is 24.3 Å². The van der Waals surface area contributed by atoms with Gasteiger partial charge in [-0.25, -0.2) is 19.6 Å². The summed E-state index contributed by atoms with van der Waals surface area (Å²) in [6.07, 6.45) is -6.66. The summed E-state index contributed by atoms with van der Waals surface area (Å²) in [6.45, 7) is -3.45. The van der Waals surface area contributed by atoms with Crippen molar-refractivity contribution in [3.05, 3.63) is 83.4 Å². The number of carbonyl (C=O) groups excluding carboxylic acids is 2. The second kappa shape index (κ2) is 11.5. The largest absolute Gasteiger partial charge is 0.451 e. The van der Waals surface area contributed by atoms with Gasteiger partial charge in [0.1, 0.15) is 11.4 Å². The average molecular weight is 634 g/mol. The third-order valence-corrected chi connectivity index (χ3v) is 6.59. The van der Waals surface area contributed by atoms with Gasteiger partial charge in [0.2, 0.25) is 0 Å². The van der Waals surface area contributed by atoms with Gasteiger partial charge in [-0.15, -0.1) is 0 Å². The molecule has 0 aliphatic rings. The number of pyridine rings is 2. The summed E-state index contributed by atoms with van der Waals surface area (Å²) < 4.78 is 83.2. The molecule has 0 unspecified atom stereocenters. The zero-order chi connectivity index (χ0) is 32.6. The Morgan fingerprint density at radius 2 is 1.00 bits per heavy atom. The lowest BCUT2D eigenvalue weighted by atomic mass is 10.1. The van der Waals surface area contributed by atoms with Crippen molar-refractivity contribution in [3.8, 4) is 23.7 Å². The average Bonchev–Trinajstić information content (AvgIpc) is 3.56. The number of benzene rings is 2. The number of H-pyrrole nitrogens is 2. The predicted octanol–water partition coefficient (Wildman–Crippen LogP) is 6.59. The number of halogens is 6. The highest BCUT2D eigenvalue weighted by Crippen LogP contribution is 2.28. The molecule has 0 radical (unpaired) electrons. The molecule has 0 aliphatic carbocycles. The molecule has 4 aromatic heterocycles. The van der Waals surface area contributed by atoms with Gasteiger partial charge in [-0.05, 0) is 60.4 Å². The van der Waals surface area contributed by atoms with Crippen molar-refractivity contribution in [1.29, 1.82) is 0 Å². The quantitative estimate of drug-likeness (QED) is 0.129. The Morgan fingerprint density at radius 3 is 1.39 bits per heavy atom. The Balaban J connectivity index is 1.24. The van der Waals surface area contributed by atoms with Crippen LogP contribution >= 0.6 is 0 Å². The maximum absolute atomic E-state index is 12.4. The Labute approximate surface area is 253 Å². The molecule has 14 heteroatoms. The Kier molecular flexibility index (Phi) is 7.49. The highest BCUT2D eigenvalue weighted by atomic mass is 19.4. The predicted molar refractivity (Wildman–Crippen MR) is 154 cm³/mol. The van der Waals surface area contributed by atoms with Crippen molar-refractivity contribution in [2.75, 3.05) is 13.2 Å². The van der Waals surface area contributed by atoms with Gasteiger partial charge in [0.25, 0.3) is 0 Å². The maximum atomic E-state index is 12.4. The van der Waals surface area contributed by atoms with E-state index in [4.69, 9.17) is 0 Å². The standard InChI is InChI=1S/C32H16F6N4O4/c33-31(34,35)15-45-29(43)25-11-21-19-9-17(5-7-23(19)41-27(21)13-39-25)3-1-2-4-18-6-8-24-20(10-18)22-12-26(40-14-28(22)42-24)30(44)46-16-32(36,37)38/h5-14,41-42H,15-16H2. The summed E-state index contributed by atoms with van der Waals surface area (Å²) in [4.78, 5) is 38.2. The molecule has 230 valence electrons. The van der Waals surface area contributed by atoms with E-state index in [1.54, 1.807) is 36.4 Å². The second-order valence-corrected chi connectivity index (χ2v) is 9.88. The third kappa shape index (κ3) is 6.56. The number of nitrogens with one attached hydrogen (secondary N) is 2. The lowest BCUT2D eigenvalue weighted by Gasteiger charge is -2.07. The van der Waals surface area contributed by atoms with Crippen LogP contribution in [0, 0.1) is 23.7 Å². The van der Waals surface area contributed by atoms with Gasteiger partial charge in [0, 0.05) is 43.7 Å². The summed E-state index contributed by atoms with van der Waals surface area (Å²) in [5.41, 5.74) is 3.08. The molecule has 0 amide bonds. The molecule has 0 atom stereocenters. The number of aromatic amines is 2. The Bertz CT molecular complexity index is 2150. The molecular weight excluding hydrogens is 618 g/mol. The fourth-order valence-corrected chi connectivity index (χ4v) is 4.63. The van der Waals surface area contributed by atoms with E-state index in [0.717, 1.165) is 0 Å². The number of fused-ring (bicyclic) bond motifs is 6. The van der Waals surface area contributed by atoms with Gasteiger partial charge < -0.3 is 19.4 Å². The van der Waals surface area contributed by atoms with Crippen LogP contribution in [0.25, 0.3) is 43.6 Å². The van der Waals surface area contributed by atoms with Crippen LogP contribution < -0.4 is 0 Å². The van der Waals surface area contributed by atoms with Crippen molar-refractivity contribution in [3.63, 3.8) is 0 Å². The Hall–Kier alpha value is -6.02. The van der Waals surface area contributed by atoms with Crippen molar-refractivity contribution >= 4 is 55.6 Å². The minimum atomic E-state index is -4.66. The molecule has 0 saturated carbocycles. The van der Waals surface area contributed by atoms with E-state index in [1.165, 1.54) is 24.5 Å². The summed E-state index contributed by atoms with van der Waals surface area (Å²) in [5, 5.41) is 2.39. The number of ether oxygens (including phenoxy) is 2. The van der Waals surface area contributed by atoms with E-state index >= 15 is 0 Å². The highest BCUT2D eigenvalue weighted by molar-refractivity contribution is 6.10. The molecule has 8 nitrogen and oxygen atoms in total. The second-order valence-electron chi connectivity index (χ2n) is 9.88. The fourth-order valence-electron chi connectivity index (χ4n) is 4.63. The summed E-state index contributed by atoms with van der Waals surface area (Å²) in [6, 6.07) is 13.1. The van der Waals surface area contributed by atoms with Gasteiger partial charge in [-0.1, -0.05) is 11.8 Å². The molecule has 0 spiro atoms. The van der Waals surface area contributed by atoms with Crippen LogP contribution in [0.1, 0.15) is 32.1 Å². The first-order valence-electron chi connectivity index (χ1n) is 13.2. The first-order valence-corrected chi connectivity index (χ1v) is 13.2. The van der Waals surface area contributed by atoms with Crippen molar-refractivity contribution < 1.29 is 45.4 Å². The number of hydrogen-bond donors (Lipinski definition) is 2. The lowest BCUT2D eigenvalue weighted by Crippen LogP contribution is -2.20. The first-order chi connectivity index (χ1) is 21.8. The minimum Gasteiger partial charge on any atom is -0.451 e. The molecule has 0 aliphatic heterocycles. The molecule has 0 saturated heterocycles. The fraction of sp³-hybridized carbons (Fsp3) is 0.125. The van der Waals surface area contributed by atoms with Crippen molar-refractivity contribution in [2.45, 2.75) is 12.4 Å². The van der Waals surface area contributed by atoms with E-state index in [0.29, 0.717) is 54.7 Å². The van der Waals surface area contributed by atoms with Crippen molar-refractivity contribution in [1.82, 2.24) is 19.9 Å². The SMILES string of the molecule is O=C(OCC(F)(F)F)c1cc2c(cn1)[nH]c1ccc(C#CC#Cc3ccc4[nH]c5cnc(C(=O)OCC(F)(F)F)cc5c4c3)cc12. The molecule has 2 aromatic carbocycles. The number of esters is 2. The van der Waals surface area contributed by atoms with Gasteiger partial charge in [0.15, 0.2) is 13.2 Å². The van der Waals surface area contributed by atoms with E-state index in [1.807, 2.05) is 0 Å². The number of hydrogen-bond acceptors (Lipinski definition) is 6. The minimum absolute atomic E-state index is 0.277. The number of carbonyl (C=O) groups is 2. The molecule has 6 aromatic rings. The van der Waals surface area contributed by atoms with Gasteiger partial charge in [-0.3, -0.25) is 0 Å². The smallest absolute Gasteiger partial charge is 0.422 e. The van der Waals surface area contributed by atoms with Crippen LogP contribution in [-0.4, -0.2) is 57.4 Å². The molecule has 4 heterocycles. The van der Waals surface area contributed by atoms with Crippen LogP contribution in [-0.2, 0) is 9.47 Å². The van der Waals surface area contributed by atoms with Crippen LogP contribution in [0.4, 0.5) is 26.3 Å². The summed E-state index contributed by atoms with van der Waals surface area (Å²) >= 11 is 0. The van der Waals surface area contributed by atoms with Gasteiger partial charge in [-0.2, -0.15) is 26.3 Å². The van der Waals surface area contributed by atoms with Crippen molar-refractivity contribution in [2.24, 2.45) is 0 Å². The molecular formula is C32H16F6N4O4. The Morgan fingerprint density at radius 1 is 0.609 bits per heavy atom. The first kappa shape index (κ1) is 30.0. The number of aromatic nitrogens is 4. The van der Waals surface area contributed by atoms with Crippen LogP contribution in [0.5, 0.6) is 0 Å². The zero-order valence-corrected chi connectivity index (χ0v) is 23.0. The summed E-state index contributed by atoms with van der Waals surface area (Å²) in [5.74, 6) is 8.96. The molecule has 46 heavy (non-hydrogen) atoms. The summed E-state index contributed by atoms with van der Waals surface area (Å²) in [7, 11) is 0. The molecule has 0 bridgehead atoms. The number of nitrogens with zero attached hydrogens (tertiary/aromatic N) is 2. The van der Waals surface area contributed by atoms with E-state index in [-0.39, 0.29) is 11.4 Å². The zero-order valence-electron chi connectivity index (χ0n) is 23.0. The molecule has 2 N–H and O–H groups in total. The van der Waals surface area contributed by atoms with Crippen LogP contribution in [0.3, 0.4) is 0 Å². The van der Waals surface area contributed by atoms with Crippen LogP contribution in [0.2, 0.25) is 0 Å². The van der Waals surface area contributed by atoms with Gasteiger partial charge in [0.05, 0.1) is 23.4 Å². The highest BCUT2D eigenvalue weighted by Gasteiger charge is 2.31. The number of rotatable bonds is 4.